The Balaban J connectivity index is 0.657. The molecule has 6 heterocycles. The fraction of sp³-hybridized carbons (Fsp3) is 0. The molecule has 0 N–H and O–H groups in total. The van der Waals surface area contributed by atoms with Gasteiger partial charge in [0.25, 0.3) is 0 Å². The molecular weight excluding hydrogens is 1640 g/mol. The Kier molecular flexibility index (Phi) is 19.7. The maximum atomic E-state index is 2.42. The van der Waals surface area contributed by atoms with Crippen molar-refractivity contribution in [2.75, 3.05) is 19.6 Å². The summed E-state index contributed by atoms with van der Waals surface area (Å²) in [6.07, 6.45) is 0. The second-order valence-electron chi connectivity index (χ2n) is 32.8. The quantitative estimate of drug-likeness (QED) is 0.0717. The lowest BCUT2D eigenvalue weighted by Crippen LogP contribution is -2.14. The van der Waals surface area contributed by atoms with Gasteiger partial charge in [0.1, 0.15) is 0 Å². The molecule has 0 atom stereocenters. The summed E-state index contributed by atoms with van der Waals surface area (Å²) >= 11 is 5.47. The molecule has 10 heteroatoms. The third-order valence-electron chi connectivity index (χ3n) is 25.1. The van der Waals surface area contributed by atoms with Gasteiger partial charge in [-0.3, -0.25) is 0 Å². The molecular formula is C120H81N7S3. The Morgan fingerprint density at radius 2 is 0.300 bits per heavy atom. The van der Waals surface area contributed by atoms with Crippen LogP contribution in [0.4, 0.5) is 68.2 Å². The van der Waals surface area contributed by atoms with Gasteiger partial charge in [-0.15, -0.1) is 34.0 Å². The van der Waals surface area contributed by atoms with Crippen LogP contribution in [0.25, 0.3) is 145 Å². The summed E-state index contributed by atoms with van der Waals surface area (Å²) in [5.74, 6) is 0. The van der Waals surface area contributed by atoms with Crippen molar-refractivity contribution < 1.29 is 0 Å². The van der Waals surface area contributed by atoms with E-state index in [-0.39, 0.29) is 0 Å². The van der Waals surface area contributed by atoms with Crippen molar-refractivity contribution in [3.05, 3.63) is 491 Å². The highest BCUT2D eigenvalue weighted by molar-refractivity contribution is 7.19. The molecule has 0 fully saturated rings. The molecule has 0 aliphatic rings. The zero-order valence-electron chi connectivity index (χ0n) is 70.6. The number of hydrogen-bond acceptors (Lipinski definition) is 7. The second-order valence-corrected chi connectivity index (χ2v) is 36.0. The van der Waals surface area contributed by atoms with Gasteiger partial charge in [0.2, 0.25) is 0 Å². The third kappa shape index (κ3) is 14.2. The smallest absolute Gasteiger partial charge is 0.0542 e. The predicted molar refractivity (Wildman–Crippen MR) is 554 cm³/mol. The minimum atomic E-state index is 0.987. The fourth-order valence-corrected chi connectivity index (χ4v) is 22.0. The zero-order chi connectivity index (χ0) is 86.0. The van der Waals surface area contributed by atoms with E-state index >= 15 is 0 Å². The van der Waals surface area contributed by atoms with Gasteiger partial charge in [-0.1, -0.05) is 237 Å². The molecule has 0 radical (unpaired) electrons. The molecule has 24 aromatic rings. The third-order valence-corrected chi connectivity index (χ3v) is 28.7. The summed E-state index contributed by atoms with van der Waals surface area (Å²) in [6, 6.07) is 180. The van der Waals surface area contributed by atoms with Crippen LogP contribution in [0, 0.1) is 0 Å². The van der Waals surface area contributed by atoms with Crippen molar-refractivity contribution in [1.29, 1.82) is 0 Å². The van der Waals surface area contributed by atoms with E-state index in [0.717, 1.165) is 118 Å². The maximum absolute atomic E-state index is 2.42. The number of aromatic nitrogens is 3. The van der Waals surface area contributed by atoms with Crippen LogP contribution >= 0.6 is 34.0 Å². The van der Waals surface area contributed by atoms with Crippen LogP contribution in [-0.4, -0.2) is 13.7 Å². The van der Waals surface area contributed by atoms with Crippen LogP contribution in [0.3, 0.4) is 0 Å². The predicted octanol–water partition coefficient (Wildman–Crippen LogP) is 35.0. The van der Waals surface area contributed by atoms with Crippen molar-refractivity contribution in [3.63, 3.8) is 0 Å². The molecule has 614 valence electrons. The average Bonchev–Trinajstić information content (AvgIpc) is 1.61. The number of benzene rings is 18. The monoisotopic (exact) mass is 1720 g/mol. The van der Waals surface area contributed by atoms with Crippen molar-refractivity contribution in [2.24, 2.45) is 0 Å². The summed E-state index contributed by atoms with van der Waals surface area (Å²) in [5.41, 5.74) is 29.7. The molecule has 0 aliphatic heterocycles. The zero-order valence-corrected chi connectivity index (χ0v) is 73.1. The van der Waals surface area contributed by atoms with E-state index in [4.69, 9.17) is 0 Å². The van der Waals surface area contributed by atoms with E-state index in [2.05, 4.69) is 525 Å². The molecule has 7 nitrogen and oxygen atoms in total. The molecule has 130 heavy (non-hydrogen) atoms. The first-order valence-corrected chi connectivity index (χ1v) is 46.4. The molecule has 24 rings (SSSR count). The van der Waals surface area contributed by atoms with E-state index < -0.39 is 0 Å². The first kappa shape index (κ1) is 77.2. The van der Waals surface area contributed by atoms with E-state index in [1.807, 2.05) is 34.0 Å². The lowest BCUT2D eigenvalue weighted by molar-refractivity contribution is 1.18. The number of fused-ring (bicyclic) bond motifs is 9. The van der Waals surface area contributed by atoms with Crippen molar-refractivity contribution in [3.8, 4) is 79.7 Å². The minimum Gasteiger partial charge on any atom is -0.310 e. The summed E-state index contributed by atoms with van der Waals surface area (Å²) in [6.45, 7) is 0. The van der Waals surface area contributed by atoms with Crippen LogP contribution in [-0.2, 0) is 0 Å². The summed E-state index contributed by atoms with van der Waals surface area (Å²) < 4.78 is 7.18. The Morgan fingerprint density at radius 1 is 0.131 bits per heavy atom. The summed E-state index contributed by atoms with van der Waals surface area (Å²) in [5, 5.41) is 7.09. The lowest BCUT2D eigenvalue weighted by Gasteiger charge is -2.30. The second kappa shape index (κ2) is 33.2. The number of thiophene rings is 3. The van der Waals surface area contributed by atoms with E-state index in [9.17, 15) is 0 Å². The molecule has 0 saturated heterocycles. The van der Waals surface area contributed by atoms with Crippen molar-refractivity contribution >= 4 is 168 Å². The molecule has 6 aromatic heterocycles. The molecule has 0 unspecified atom stereocenters. The average molecular weight is 1720 g/mol. The molecule has 0 spiro atoms. The Hall–Kier alpha value is -16.3. The van der Waals surface area contributed by atoms with Gasteiger partial charge >= 0.3 is 0 Å². The van der Waals surface area contributed by atoms with E-state index in [0.29, 0.717) is 0 Å². The Morgan fingerprint density at radius 3 is 0.531 bits per heavy atom. The topological polar surface area (TPSA) is 27.8 Å². The Bertz CT molecular complexity index is 7460. The number of anilines is 12. The van der Waals surface area contributed by atoms with Crippen LogP contribution < -0.4 is 19.6 Å². The number of para-hydroxylation sites is 6. The fourth-order valence-electron chi connectivity index (χ4n) is 19.0. The number of rotatable bonds is 21. The molecule has 0 amide bonds. The molecule has 0 bridgehead atoms. The first-order chi connectivity index (χ1) is 64.4. The van der Waals surface area contributed by atoms with Crippen molar-refractivity contribution in [2.45, 2.75) is 0 Å². The largest absolute Gasteiger partial charge is 0.310 e. The Labute approximate surface area is 766 Å². The van der Waals surface area contributed by atoms with Crippen LogP contribution in [0.15, 0.2) is 491 Å². The van der Waals surface area contributed by atoms with Crippen LogP contribution in [0.5, 0.6) is 0 Å². The highest BCUT2D eigenvalue weighted by Crippen LogP contribution is 2.50. The SMILES string of the molecule is c1ccc(-c2ccc(-c3ccc(N(c4ccc(N(c5ccc(N(c6ccc(-c7ccc(-c8ccccc8)s7)cc6)c6ccc7c(c6)c6ccccc6n7-c6ccccc6)cc5)c5ccc(N(c6ccc(-c7ccc(-c8ccccc8)s7)cc6)c6ccc7c(c6)c6ccccc6n7-c6ccccc6)cc5)cc4)c4ccc5c(c4)c4ccccc4n5-c4ccccc4)cc3)s2)cc1. The highest BCUT2D eigenvalue weighted by atomic mass is 32.1. The van der Waals surface area contributed by atoms with E-state index in [1.54, 1.807) is 0 Å². The van der Waals surface area contributed by atoms with Gasteiger partial charge in [-0.2, -0.15) is 0 Å². The van der Waals surface area contributed by atoms with Crippen LogP contribution in [0.1, 0.15) is 0 Å². The van der Waals surface area contributed by atoms with Crippen LogP contribution in [0.2, 0.25) is 0 Å². The molecule has 0 saturated carbocycles. The first-order valence-electron chi connectivity index (χ1n) is 44.0. The number of hydrogen-bond donors (Lipinski definition) is 0. The molecule has 0 aliphatic carbocycles. The number of nitrogens with zero attached hydrogens (tertiary/aromatic N) is 7. The van der Waals surface area contributed by atoms with E-state index in [1.165, 1.54) is 95.0 Å². The van der Waals surface area contributed by atoms with Gasteiger partial charge in [0, 0.05) is 147 Å². The normalized spacial score (nSPS) is 11.5. The minimum absolute atomic E-state index is 0.987. The lowest BCUT2D eigenvalue weighted by atomic mass is 10.1. The van der Waals surface area contributed by atoms with Gasteiger partial charge < -0.3 is 33.3 Å². The standard InChI is InChI=1S/C120H81N7S3/c1-7-25-82(26-8-1)115-73-76-118(128-115)85-43-49-91(50-44-85)122(100-67-70-112-106(79-100)103-37-19-22-40-109(103)125(112)88-31-13-4-14-32-88)97-61-55-94(56-62-97)121(95-57-63-98(64-58-95)123(92-51-45-86(46-52-92)119-77-74-116(129-119)83-27-9-2-10-28-83)101-68-71-113-107(80-101)104-38-20-23-41-110(104)126(113)89-33-15-5-16-34-89)96-59-65-99(66-60-96)124(93-53-47-87(48-54-93)120-78-75-117(130-120)84-29-11-3-12-30-84)102-69-72-114-108(81-102)105-39-21-24-42-111(105)127(114)90-35-17-6-18-36-90/h1-81H. The highest BCUT2D eigenvalue weighted by Gasteiger charge is 2.26. The van der Waals surface area contributed by atoms with Crippen molar-refractivity contribution in [1.82, 2.24) is 13.7 Å². The van der Waals surface area contributed by atoms with Gasteiger partial charge in [-0.25, -0.2) is 0 Å². The summed E-state index contributed by atoms with van der Waals surface area (Å²) in [7, 11) is 0. The van der Waals surface area contributed by atoms with Gasteiger partial charge in [-0.05, 0) is 288 Å². The summed E-state index contributed by atoms with van der Waals surface area (Å²) in [4.78, 5) is 17.0. The van der Waals surface area contributed by atoms with Gasteiger partial charge in [0.05, 0.1) is 33.1 Å². The maximum Gasteiger partial charge on any atom is 0.0542 e. The molecule has 18 aromatic carbocycles. The van der Waals surface area contributed by atoms with Gasteiger partial charge in [0.15, 0.2) is 0 Å².